The SMILES string of the molecule is Cc1ccccc1-c1cn(C)c(=O)n2cc(COc3ccc(Cl)cc3)nc12. The van der Waals surface area contributed by atoms with Gasteiger partial charge in [-0.05, 0) is 42.3 Å². The maximum atomic E-state index is 12.6. The molecule has 0 amide bonds. The molecule has 4 rings (SSSR count). The molecule has 0 spiro atoms. The summed E-state index contributed by atoms with van der Waals surface area (Å²) < 4.78 is 8.91. The quantitative estimate of drug-likeness (QED) is 0.533. The molecule has 136 valence electrons. The number of halogens is 1. The predicted molar refractivity (Wildman–Crippen MR) is 106 cm³/mol. The Morgan fingerprint density at radius 3 is 2.52 bits per heavy atom. The second-order valence-electron chi connectivity index (χ2n) is 6.42. The maximum absolute atomic E-state index is 12.6. The lowest BCUT2D eigenvalue weighted by Gasteiger charge is -2.09. The zero-order valence-corrected chi connectivity index (χ0v) is 15.8. The van der Waals surface area contributed by atoms with Crippen molar-refractivity contribution in [2.45, 2.75) is 13.5 Å². The Labute approximate surface area is 161 Å². The molecule has 0 unspecified atom stereocenters. The van der Waals surface area contributed by atoms with Crippen molar-refractivity contribution >= 4 is 17.2 Å². The molecule has 0 fully saturated rings. The van der Waals surface area contributed by atoms with Crippen molar-refractivity contribution in [1.29, 1.82) is 0 Å². The highest BCUT2D eigenvalue weighted by Crippen LogP contribution is 2.26. The molecule has 0 radical (unpaired) electrons. The van der Waals surface area contributed by atoms with E-state index in [4.69, 9.17) is 16.3 Å². The summed E-state index contributed by atoms with van der Waals surface area (Å²) in [4.78, 5) is 17.2. The number of aromatic nitrogens is 3. The molecule has 5 nitrogen and oxygen atoms in total. The molecule has 2 aromatic heterocycles. The van der Waals surface area contributed by atoms with Crippen LogP contribution in [0.5, 0.6) is 5.75 Å². The van der Waals surface area contributed by atoms with Gasteiger partial charge in [-0.2, -0.15) is 0 Å². The number of imidazole rings is 1. The Balaban J connectivity index is 1.76. The number of hydrogen-bond acceptors (Lipinski definition) is 3. The fourth-order valence-corrected chi connectivity index (χ4v) is 3.19. The van der Waals surface area contributed by atoms with Crippen LogP contribution in [0.25, 0.3) is 16.8 Å². The molecule has 0 saturated heterocycles. The van der Waals surface area contributed by atoms with Crippen LogP contribution < -0.4 is 10.4 Å². The van der Waals surface area contributed by atoms with Gasteiger partial charge in [0, 0.05) is 30.0 Å². The monoisotopic (exact) mass is 379 g/mol. The second kappa shape index (κ2) is 6.93. The maximum Gasteiger partial charge on any atom is 0.333 e. The molecule has 2 heterocycles. The third-order valence-corrected chi connectivity index (χ3v) is 4.71. The Morgan fingerprint density at radius 1 is 1.04 bits per heavy atom. The molecular weight excluding hydrogens is 362 g/mol. The first-order valence-electron chi connectivity index (χ1n) is 8.55. The minimum absolute atomic E-state index is 0.146. The van der Waals surface area contributed by atoms with Crippen LogP contribution in [0.1, 0.15) is 11.3 Å². The average Bonchev–Trinajstić information content (AvgIpc) is 3.09. The molecule has 0 saturated carbocycles. The molecule has 4 aromatic rings. The van der Waals surface area contributed by atoms with Crippen LogP contribution in [-0.2, 0) is 13.7 Å². The lowest BCUT2D eigenvalue weighted by molar-refractivity contribution is 0.302. The summed E-state index contributed by atoms with van der Waals surface area (Å²) in [6.07, 6.45) is 3.56. The van der Waals surface area contributed by atoms with Crippen molar-refractivity contribution in [1.82, 2.24) is 14.0 Å². The minimum atomic E-state index is -0.146. The van der Waals surface area contributed by atoms with Crippen molar-refractivity contribution in [2.75, 3.05) is 0 Å². The number of hydrogen-bond donors (Lipinski definition) is 0. The van der Waals surface area contributed by atoms with Crippen LogP contribution in [0.3, 0.4) is 0 Å². The highest BCUT2D eigenvalue weighted by atomic mass is 35.5. The van der Waals surface area contributed by atoms with E-state index in [9.17, 15) is 4.79 Å². The summed E-state index contributed by atoms with van der Waals surface area (Å²) in [5.41, 5.74) is 4.25. The van der Waals surface area contributed by atoms with Gasteiger partial charge in [0.15, 0.2) is 5.65 Å². The van der Waals surface area contributed by atoms with Crippen LogP contribution in [0.2, 0.25) is 5.02 Å². The van der Waals surface area contributed by atoms with Gasteiger partial charge in [-0.3, -0.25) is 4.40 Å². The summed E-state index contributed by atoms with van der Waals surface area (Å²) in [7, 11) is 1.74. The molecule has 0 aliphatic carbocycles. The lowest BCUT2D eigenvalue weighted by Crippen LogP contribution is -2.23. The summed E-state index contributed by atoms with van der Waals surface area (Å²) in [6.45, 7) is 2.31. The summed E-state index contributed by atoms with van der Waals surface area (Å²) in [5.74, 6) is 0.698. The molecular formula is C21H18ClN3O2. The van der Waals surface area contributed by atoms with Gasteiger partial charge in [-0.15, -0.1) is 0 Å². The Bertz CT molecular complexity index is 1180. The highest BCUT2D eigenvalue weighted by Gasteiger charge is 2.14. The van der Waals surface area contributed by atoms with E-state index in [1.807, 2.05) is 37.4 Å². The second-order valence-corrected chi connectivity index (χ2v) is 6.86. The normalized spacial score (nSPS) is 11.1. The third-order valence-electron chi connectivity index (χ3n) is 4.46. The third kappa shape index (κ3) is 3.34. The van der Waals surface area contributed by atoms with Crippen LogP contribution in [0.4, 0.5) is 0 Å². The minimum Gasteiger partial charge on any atom is -0.487 e. The molecule has 6 heteroatoms. The molecule has 0 aliphatic heterocycles. The fraction of sp³-hybridized carbons (Fsp3) is 0.143. The van der Waals surface area contributed by atoms with E-state index in [-0.39, 0.29) is 12.3 Å². The van der Waals surface area contributed by atoms with Crippen molar-refractivity contribution in [3.8, 4) is 16.9 Å². The first-order chi connectivity index (χ1) is 13.0. The first kappa shape index (κ1) is 17.4. The van der Waals surface area contributed by atoms with Crippen molar-refractivity contribution < 1.29 is 4.74 Å². The van der Waals surface area contributed by atoms with Gasteiger partial charge < -0.3 is 9.30 Å². The molecule has 2 aromatic carbocycles. The van der Waals surface area contributed by atoms with Gasteiger partial charge in [0.05, 0.1) is 5.69 Å². The smallest absolute Gasteiger partial charge is 0.333 e. The number of rotatable bonds is 4. The van der Waals surface area contributed by atoms with Gasteiger partial charge in [0.1, 0.15) is 12.4 Å². The average molecular weight is 380 g/mol. The Kier molecular flexibility index (Phi) is 4.46. The van der Waals surface area contributed by atoms with Crippen LogP contribution in [0.15, 0.2) is 65.7 Å². The first-order valence-corrected chi connectivity index (χ1v) is 8.93. The van der Waals surface area contributed by atoms with Gasteiger partial charge in [-0.25, -0.2) is 9.78 Å². The largest absolute Gasteiger partial charge is 0.487 e. The van der Waals surface area contributed by atoms with E-state index in [0.29, 0.717) is 22.1 Å². The van der Waals surface area contributed by atoms with E-state index < -0.39 is 0 Å². The van der Waals surface area contributed by atoms with Crippen LogP contribution in [0, 0.1) is 6.92 Å². The number of nitrogens with zero attached hydrogens (tertiary/aromatic N) is 3. The number of benzene rings is 2. The van der Waals surface area contributed by atoms with Crippen LogP contribution in [-0.4, -0.2) is 14.0 Å². The molecule has 0 atom stereocenters. The van der Waals surface area contributed by atoms with Gasteiger partial charge >= 0.3 is 5.69 Å². The standard InChI is InChI=1S/C21H18ClN3O2/c1-14-5-3-4-6-18(14)19-12-24(2)21(26)25-11-16(23-20(19)25)13-27-17-9-7-15(22)8-10-17/h3-12H,13H2,1-2H3. The number of fused-ring (bicyclic) bond motifs is 1. The summed E-state index contributed by atoms with van der Waals surface area (Å²) >= 11 is 5.89. The van der Waals surface area contributed by atoms with Crippen molar-refractivity contribution in [3.05, 3.63) is 87.7 Å². The Hall–Kier alpha value is -3.05. The van der Waals surface area contributed by atoms with E-state index in [0.717, 1.165) is 16.7 Å². The summed E-state index contributed by atoms with van der Waals surface area (Å²) in [6, 6.07) is 15.2. The van der Waals surface area contributed by atoms with E-state index in [1.165, 1.54) is 0 Å². The zero-order valence-electron chi connectivity index (χ0n) is 15.0. The van der Waals surface area contributed by atoms with E-state index in [1.54, 1.807) is 46.5 Å². The molecule has 0 aliphatic rings. The zero-order chi connectivity index (χ0) is 19.0. The molecule has 27 heavy (non-hydrogen) atoms. The van der Waals surface area contributed by atoms with Crippen LogP contribution >= 0.6 is 11.6 Å². The van der Waals surface area contributed by atoms with Gasteiger partial charge in [-0.1, -0.05) is 35.9 Å². The molecule has 0 bridgehead atoms. The lowest BCUT2D eigenvalue weighted by atomic mass is 10.0. The topological polar surface area (TPSA) is 48.5 Å². The van der Waals surface area contributed by atoms with Crippen molar-refractivity contribution in [2.24, 2.45) is 7.05 Å². The predicted octanol–water partition coefficient (Wildman–Crippen LogP) is 4.24. The molecule has 0 N–H and O–H groups in total. The Morgan fingerprint density at radius 2 is 1.78 bits per heavy atom. The van der Waals surface area contributed by atoms with Gasteiger partial charge in [0.2, 0.25) is 0 Å². The van der Waals surface area contributed by atoms with E-state index in [2.05, 4.69) is 4.98 Å². The highest BCUT2D eigenvalue weighted by molar-refractivity contribution is 6.30. The number of ether oxygens (including phenoxy) is 1. The summed E-state index contributed by atoms with van der Waals surface area (Å²) in [5, 5.41) is 0.654. The van der Waals surface area contributed by atoms with Crippen molar-refractivity contribution in [3.63, 3.8) is 0 Å². The fourth-order valence-electron chi connectivity index (χ4n) is 3.06. The van der Waals surface area contributed by atoms with E-state index >= 15 is 0 Å². The number of aryl methyl sites for hydroxylation is 2. The van der Waals surface area contributed by atoms with Gasteiger partial charge in [0.25, 0.3) is 0 Å².